The van der Waals surface area contributed by atoms with E-state index >= 15 is 0 Å². The number of carbonyl (C=O) groups is 2. The summed E-state index contributed by atoms with van der Waals surface area (Å²) in [6.45, 7) is 10.8. The van der Waals surface area contributed by atoms with Gasteiger partial charge in [0.05, 0.1) is 32.6 Å². The molecule has 1 aromatic heterocycles. The molecule has 1 aromatic carbocycles. The van der Waals surface area contributed by atoms with E-state index in [1.807, 2.05) is 6.07 Å². The Morgan fingerprint density at radius 2 is 1.76 bits per heavy atom. The predicted octanol–water partition coefficient (Wildman–Crippen LogP) is 7.09. The molecule has 0 aliphatic carbocycles. The number of amides is 2. The first-order valence-electron chi connectivity index (χ1n) is 10.2. The van der Waals surface area contributed by atoms with Crippen molar-refractivity contribution in [3.8, 4) is 0 Å². The Labute approximate surface area is 216 Å². The van der Waals surface area contributed by atoms with Crippen molar-refractivity contribution in [2.24, 2.45) is 0 Å². The first-order chi connectivity index (χ1) is 15.1. The molecular formula is C22H28BrCl2N3O4S. The Morgan fingerprint density at radius 3 is 2.27 bits per heavy atom. The average Bonchev–Trinajstić information content (AvgIpc) is 3.05. The van der Waals surface area contributed by atoms with E-state index in [9.17, 15) is 9.59 Å². The Balaban J connectivity index is 2.34. The molecule has 0 radical (unpaired) electrons. The molecule has 182 valence electrons. The fourth-order valence-corrected chi connectivity index (χ4v) is 4.23. The van der Waals surface area contributed by atoms with E-state index in [0.29, 0.717) is 21.6 Å². The van der Waals surface area contributed by atoms with Crippen molar-refractivity contribution in [3.05, 3.63) is 43.8 Å². The first-order valence-corrected chi connectivity index (χ1v) is 12.5. The third-order valence-electron chi connectivity index (χ3n) is 3.90. The number of hydrogen-bond donors (Lipinski definition) is 1. The minimum absolute atomic E-state index is 0.0916. The van der Waals surface area contributed by atoms with Gasteiger partial charge >= 0.3 is 12.2 Å². The maximum atomic E-state index is 13.0. The molecule has 33 heavy (non-hydrogen) atoms. The van der Waals surface area contributed by atoms with E-state index < -0.39 is 29.4 Å². The molecule has 0 saturated heterocycles. The number of hydrogen-bond acceptors (Lipinski definition) is 6. The zero-order valence-corrected chi connectivity index (χ0v) is 23.3. The fourth-order valence-electron chi connectivity index (χ4n) is 2.73. The van der Waals surface area contributed by atoms with Crippen molar-refractivity contribution in [1.82, 2.24) is 10.3 Å². The summed E-state index contributed by atoms with van der Waals surface area (Å²) in [5.41, 5.74) is -0.555. The number of anilines is 1. The number of alkyl carbamates (subject to hydrolysis) is 1. The standard InChI is InChI=1S/C22H28BrCl2N3O4S/c1-21(2,3)31-19(29)27-14(9-13-7-8-15(24)16(25)10-13)12-28(18-26-11-17(23)33-18)20(30)32-22(4,5)6/h7-8,10-11,14H,9,12H2,1-6H3,(H,27,29)/t14-/m0/s1. The highest BCUT2D eigenvalue weighted by atomic mass is 79.9. The average molecular weight is 581 g/mol. The van der Waals surface area contributed by atoms with Gasteiger partial charge in [-0.1, -0.05) is 40.6 Å². The molecule has 0 saturated carbocycles. The molecule has 1 N–H and O–H groups in total. The Morgan fingerprint density at radius 1 is 1.12 bits per heavy atom. The lowest BCUT2D eigenvalue weighted by atomic mass is 10.1. The third-order valence-corrected chi connectivity index (χ3v) is 6.14. The second-order valence-electron chi connectivity index (χ2n) is 9.33. The van der Waals surface area contributed by atoms with Gasteiger partial charge in [-0.3, -0.25) is 4.90 Å². The van der Waals surface area contributed by atoms with Crippen LogP contribution < -0.4 is 10.2 Å². The Kier molecular flexibility index (Phi) is 9.44. The molecule has 0 bridgehead atoms. The van der Waals surface area contributed by atoms with Gasteiger partial charge < -0.3 is 14.8 Å². The second-order valence-corrected chi connectivity index (χ2v) is 12.5. The maximum Gasteiger partial charge on any atom is 0.416 e. The highest BCUT2D eigenvalue weighted by Gasteiger charge is 2.30. The highest BCUT2D eigenvalue weighted by molar-refractivity contribution is 9.11. The van der Waals surface area contributed by atoms with Crippen LogP contribution in [0.1, 0.15) is 47.1 Å². The van der Waals surface area contributed by atoms with Gasteiger partial charge in [-0.2, -0.15) is 0 Å². The van der Waals surface area contributed by atoms with Crippen LogP contribution >= 0.6 is 50.5 Å². The Hall–Kier alpha value is -1.55. The number of carbonyl (C=O) groups excluding carboxylic acids is 2. The highest BCUT2D eigenvalue weighted by Crippen LogP contribution is 2.29. The molecule has 0 unspecified atom stereocenters. The van der Waals surface area contributed by atoms with Gasteiger partial charge in [0.25, 0.3) is 0 Å². The van der Waals surface area contributed by atoms with E-state index in [4.69, 9.17) is 32.7 Å². The molecule has 0 spiro atoms. The van der Waals surface area contributed by atoms with Gasteiger partial charge in [0, 0.05) is 0 Å². The molecule has 2 aromatic rings. The summed E-state index contributed by atoms with van der Waals surface area (Å²) in [6.07, 6.45) is 0.792. The molecule has 1 heterocycles. The molecule has 7 nitrogen and oxygen atoms in total. The van der Waals surface area contributed by atoms with Gasteiger partial charge in [0.2, 0.25) is 0 Å². The van der Waals surface area contributed by atoms with Crippen LogP contribution in [0, 0.1) is 0 Å². The van der Waals surface area contributed by atoms with Gasteiger partial charge in [-0.25, -0.2) is 14.6 Å². The van der Waals surface area contributed by atoms with Crippen LogP contribution in [0.2, 0.25) is 10.0 Å². The van der Waals surface area contributed by atoms with Crippen molar-refractivity contribution in [2.45, 2.75) is 65.2 Å². The number of benzene rings is 1. The van der Waals surface area contributed by atoms with Gasteiger partial charge in [0.15, 0.2) is 5.13 Å². The molecule has 0 aliphatic heterocycles. The predicted molar refractivity (Wildman–Crippen MR) is 137 cm³/mol. The number of aromatic nitrogens is 1. The van der Waals surface area contributed by atoms with Crippen LogP contribution in [0.4, 0.5) is 14.7 Å². The summed E-state index contributed by atoms with van der Waals surface area (Å²) >= 11 is 16.9. The van der Waals surface area contributed by atoms with E-state index in [1.165, 1.54) is 16.2 Å². The number of nitrogens with one attached hydrogen (secondary N) is 1. The van der Waals surface area contributed by atoms with E-state index in [0.717, 1.165) is 9.35 Å². The Bertz CT molecular complexity index is 989. The number of halogens is 3. The number of thiazole rings is 1. The maximum absolute atomic E-state index is 13.0. The summed E-state index contributed by atoms with van der Waals surface area (Å²) in [4.78, 5) is 31.3. The monoisotopic (exact) mass is 579 g/mol. The van der Waals surface area contributed by atoms with E-state index in [2.05, 4.69) is 26.2 Å². The summed E-state index contributed by atoms with van der Waals surface area (Å²) in [7, 11) is 0. The topological polar surface area (TPSA) is 80.8 Å². The number of ether oxygens (including phenoxy) is 2. The number of rotatable bonds is 6. The van der Waals surface area contributed by atoms with Crippen molar-refractivity contribution in [3.63, 3.8) is 0 Å². The van der Waals surface area contributed by atoms with Crippen LogP contribution in [0.5, 0.6) is 0 Å². The fraction of sp³-hybridized carbons (Fsp3) is 0.500. The second kappa shape index (κ2) is 11.3. The molecule has 1 atom stereocenters. The quantitative estimate of drug-likeness (QED) is 0.394. The number of nitrogens with zero attached hydrogens (tertiary/aromatic N) is 2. The van der Waals surface area contributed by atoms with Crippen LogP contribution in [0.15, 0.2) is 28.2 Å². The smallest absolute Gasteiger partial charge is 0.416 e. The van der Waals surface area contributed by atoms with Crippen molar-refractivity contribution in [2.75, 3.05) is 11.4 Å². The zero-order chi connectivity index (χ0) is 25.0. The SMILES string of the molecule is CC(C)(C)OC(=O)N[C@@H](Cc1ccc(Cl)c(Cl)c1)CN(C(=O)OC(C)(C)C)c1ncc(Br)s1. The van der Waals surface area contributed by atoms with Crippen LogP contribution in [0.3, 0.4) is 0 Å². The lowest BCUT2D eigenvalue weighted by Gasteiger charge is -2.30. The molecular weight excluding hydrogens is 553 g/mol. The van der Waals surface area contributed by atoms with Gasteiger partial charge in [0.1, 0.15) is 11.2 Å². The lowest BCUT2D eigenvalue weighted by Crippen LogP contribution is -2.49. The minimum Gasteiger partial charge on any atom is -0.444 e. The molecule has 0 aliphatic rings. The molecule has 11 heteroatoms. The normalized spacial score (nSPS) is 12.8. The van der Waals surface area contributed by atoms with Gasteiger partial charge in [-0.05, 0) is 81.6 Å². The van der Waals surface area contributed by atoms with Crippen LogP contribution in [0.25, 0.3) is 0 Å². The van der Waals surface area contributed by atoms with Crippen molar-refractivity contribution < 1.29 is 19.1 Å². The minimum atomic E-state index is -0.707. The summed E-state index contributed by atoms with van der Waals surface area (Å²) in [5.74, 6) is 0. The summed E-state index contributed by atoms with van der Waals surface area (Å²) in [5, 5.41) is 4.12. The third kappa shape index (κ3) is 9.68. The molecule has 2 rings (SSSR count). The summed E-state index contributed by atoms with van der Waals surface area (Å²) < 4.78 is 11.8. The van der Waals surface area contributed by atoms with Crippen LogP contribution in [-0.4, -0.2) is 41.0 Å². The van der Waals surface area contributed by atoms with Crippen molar-refractivity contribution >= 4 is 67.8 Å². The van der Waals surface area contributed by atoms with Crippen molar-refractivity contribution in [1.29, 1.82) is 0 Å². The summed E-state index contributed by atoms with van der Waals surface area (Å²) in [6, 6.07) is 4.70. The molecule has 2 amide bonds. The van der Waals surface area contributed by atoms with Gasteiger partial charge in [-0.15, -0.1) is 0 Å². The van der Waals surface area contributed by atoms with E-state index in [-0.39, 0.29) is 6.54 Å². The van der Waals surface area contributed by atoms with E-state index in [1.54, 1.807) is 59.9 Å². The lowest BCUT2D eigenvalue weighted by molar-refractivity contribution is 0.0486. The molecule has 0 fully saturated rings. The zero-order valence-electron chi connectivity index (χ0n) is 19.4. The first kappa shape index (κ1) is 27.7. The van der Waals surface area contributed by atoms with Crippen LogP contribution in [-0.2, 0) is 15.9 Å². The largest absolute Gasteiger partial charge is 0.444 e.